The molecule has 0 aliphatic carbocycles. The van der Waals surface area contributed by atoms with Gasteiger partial charge in [-0.1, -0.05) is 24.3 Å². The first-order chi connectivity index (χ1) is 15.8. The lowest BCUT2D eigenvalue weighted by Gasteiger charge is -2.21. The number of nitrogens with one attached hydrogen (secondary N) is 1. The summed E-state index contributed by atoms with van der Waals surface area (Å²) < 4.78 is 0. The van der Waals surface area contributed by atoms with Crippen LogP contribution in [0, 0.1) is 11.3 Å². The summed E-state index contributed by atoms with van der Waals surface area (Å²) in [5.41, 5.74) is 4.88. The molecule has 0 spiro atoms. The highest BCUT2D eigenvalue weighted by molar-refractivity contribution is 5.83. The minimum Gasteiger partial charge on any atom is -0.328 e. The van der Waals surface area contributed by atoms with Crippen LogP contribution in [0.3, 0.4) is 0 Å². The lowest BCUT2D eigenvalue weighted by Crippen LogP contribution is -2.19. The van der Waals surface area contributed by atoms with Gasteiger partial charge in [-0.3, -0.25) is 14.6 Å². The van der Waals surface area contributed by atoms with Gasteiger partial charge in [0, 0.05) is 49.6 Å². The molecular formula is C27H26N4O2. The third-order valence-corrected chi connectivity index (χ3v) is 6.24. The van der Waals surface area contributed by atoms with E-state index in [2.05, 4.69) is 28.2 Å². The van der Waals surface area contributed by atoms with Crippen LogP contribution in [0.4, 0.5) is 0 Å². The number of aromatic amines is 1. The molecule has 3 heterocycles. The van der Waals surface area contributed by atoms with Crippen LogP contribution >= 0.6 is 0 Å². The quantitative estimate of drug-likeness (QED) is 0.644. The van der Waals surface area contributed by atoms with Crippen molar-refractivity contribution in [1.82, 2.24) is 14.9 Å². The number of pyridine rings is 2. The van der Waals surface area contributed by atoms with E-state index in [9.17, 15) is 14.9 Å². The van der Waals surface area contributed by atoms with E-state index in [-0.39, 0.29) is 17.4 Å². The van der Waals surface area contributed by atoms with Crippen molar-refractivity contribution < 1.29 is 4.79 Å². The number of carbonyl (C=O) groups is 1. The third kappa shape index (κ3) is 4.63. The molecule has 0 saturated carbocycles. The predicted octanol–water partition coefficient (Wildman–Crippen LogP) is 4.61. The Balaban J connectivity index is 1.77. The highest BCUT2D eigenvalue weighted by Crippen LogP contribution is 2.39. The number of nitrogens with zero attached hydrogens (tertiary/aromatic N) is 3. The SMILES string of the molecule is CN1C=C(c2cc(-c3ccc(=O)[nH]c3)ccn2)C(c2ccc(C(C)(C)C#N)cc2)CCC1=O. The second kappa shape index (κ2) is 8.87. The molecule has 0 saturated heterocycles. The molecule has 6 nitrogen and oxygen atoms in total. The maximum absolute atomic E-state index is 12.5. The van der Waals surface area contributed by atoms with Crippen LogP contribution in [0.2, 0.25) is 0 Å². The van der Waals surface area contributed by atoms with Gasteiger partial charge < -0.3 is 9.88 Å². The van der Waals surface area contributed by atoms with Gasteiger partial charge in [0.15, 0.2) is 0 Å². The van der Waals surface area contributed by atoms with E-state index in [0.29, 0.717) is 12.8 Å². The Morgan fingerprint density at radius 2 is 1.85 bits per heavy atom. The normalized spacial score (nSPS) is 16.7. The number of amides is 1. The van der Waals surface area contributed by atoms with Crippen molar-refractivity contribution in [2.45, 2.75) is 38.0 Å². The number of benzene rings is 1. The van der Waals surface area contributed by atoms with Gasteiger partial charge in [-0.15, -0.1) is 0 Å². The first-order valence-corrected chi connectivity index (χ1v) is 10.9. The highest BCUT2D eigenvalue weighted by atomic mass is 16.2. The number of allylic oxidation sites excluding steroid dienone is 1. The minimum absolute atomic E-state index is 0.0171. The Hall–Kier alpha value is -3.98. The zero-order valence-electron chi connectivity index (χ0n) is 19.0. The van der Waals surface area contributed by atoms with Gasteiger partial charge in [-0.2, -0.15) is 5.26 Å². The Morgan fingerprint density at radius 3 is 2.52 bits per heavy atom. The Bertz CT molecular complexity index is 1290. The van der Waals surface area contributed by atoms with Crippen LogP contribution < -0.4 is 5.56 Å². The fourth-order valence-electron chi connectivity index (χ4n) is 4.12. The summed E-state index contributed by atoms with van der Waals surface area (Å²) in [4.78, 5) is 32.9. The fourth-order valence-corrected chi connectivity index (χ4v) is 4.12. The third-order valence-electron chi connectivity index (χ3n) is 6.24. The van der Waals surface area contributed by atoms with E-state index in [1.54, 1.807) is 30.4 Å². The van der Waals surface area contributed by atoms with E-state index in [1.165, 1.54) is 6.07 Å². The van der Waals surface area contributed by atoms with Gasteiger partial charge in [-0.25, -0.2) is 0 Å². The maximum Gasteiger partial charge on any atom is 0.247 e. The number of aromatic nitrogens is 2. The number of carbonyl (C=O) groups excluding carboxylic acids is 1. The number of rotatable bonds is 4. The topological polar surface area (TPSA) is 89.8 Å². The molecule has 6 heteroatoms. The van der Waals surface area contributed by atoms with Gasteiger partial charge >= 0.3 is 0 Å². The molecule has 3 aromatic rings. The van der Waals surface area contributed by atoms with E-state index in [0.717, 1.165) is 33.5 Å². The Morgan fingerprint density at radius 1 is 1.09 bits per heavy atom. The van der Waals surface area contributed by atoms with Crippen molar-refractivity contribution in [3.63, 3.8) is 0 Å². The molecule has 2 aromatic heterocycles. The van der Waals surface area contributed by atoms with Gasteiger partial charge in [0.05, 0.1) is 17.2 Å². The van der Waals surface area contributed by atoms with E-state index in [4.69, 9.17) is 0 Å². The summed E-state index contributed by atoms with van der Waals surface area (Å²) in [5.74, 6) is 0.0468. The molecule has 1 aliphatic rings. The van der Waals surface area contributed by atoms with Crippen molar-refractivity contribution in [1.29, 1.82) is 5.26 Å². The lowest BCUT2D eigenvalue weighted by molar-refractivity contribution is -0.127. The van der Waals surface area contributed by atoms with Crippen LogP contribution in [0.15, 0.2) is 71.9 Å². The summed E-state index contributed by atoms with van der Waals surface area (Å²) in [6.07, 6.45) is 6.42. The molecule has 0 bridgehead atoms. The molecule has 1 amide bonds. The van der Waals surface area contributed by atoms with Crippen LogP contribution in [-0.2, 0) is 10.2 Å². The van der Waals surface area contributed by atoms with E-state index >= 15 is 0 Å². The highest BCUT2D eigenvalue weighted by Gasteiger charge is 2.27. The smallest absolute Gasteiger partial charge is 0.247 e. The van der Waals surface area contributed by atoms with Gasteiger partial charge in [0.1, 0.15) is 0 Å². The van der Waals surface area contributed by atoms with Crippen molar-refractivity contribution in [2.24, 2.45) is 0 Å². The van der Waals surface area contributed by atoms with Crippen LogP contribution in [-0.4, -0.2) is 27.8 Å². The lowest BCUT2D eigenvalue weighted by atomic mass is 9.82. The van der Waals surface area contributed by atoms with Crippen molar-refractivity contribution in [3.05, 3.63) is 94.3 Å². The standard InChI is InChI=1S/C27H26N4O2/c1-27(2,17-28)21-7-4-18(5-8-21)22-9-11-26(33)31(3)16-23(22)24-14-19(12-13-29-24)20-6-10-25(32)30-15-20/h4-8,10,12-16,22H,9,11H2,1-3H3,(H,30,32). The first-order valence-electron chi connectivity index (χ1n) is 10.9. The molecule has 1 aliphatic heterocycles. The molecule has 33 heavy (non-hydrogen) atoms. The second-order valence-corrected chi connectivity index (χ2v) is 8.91. The number of hydrogen-bond acceptors (Lipinski definition) is 4. The number of H-pyrrole nitrogens is 1. The fraction of sp³-hybridized carbons (Fsp3) is 0.259. The molecule has 1 unspecified atom stereocenters. The molecule has 4 rings (SSSR count). The zero-order chi connectivity index (χ0) is 23.6. The average molecular weight is 439 g/mol. The monoisotopic (exact) mass is 438 g/mol. The van der Waals surface area contributed by atoms with Crippen LogP contribution in [0.1, 0.15) is 49.4 Å². The Labute approximate surface area is 193 Å². The zero-order valence-corrected chi connectivity index (χ0v) is 19.0. The molecule has 0 radical (unpaired) electrons. The molecule has 1 N–H and O–H groups in total. The largest absolute Gasteiger partial charge is 0.328 e. The summed E-state index contributed by atoms with van der Waals surface area (Å²) in [7, 11) is 1.77. The molecular weight excluding hydrogens is 412 g/mol. The van der Waals surface area contributed by atoms with Crippen LogP contribution in [0.5, 0.6) is 0 Å². The van der Waals surface area contributed by atoms with E-state index < -0.39 is 5.41 Å². The number of hydrogen-bond donors (Lipinski definition) is 1. The first kappa shape index (κ1) is 22.2. The van der Waals surface area contributed by atoms with Gasteiger partial charge in [0.2, 0.25) is 11.5 Å². The Kier molecular flexibility index (Phi) is 5.97. The van der Waals surface area contributed by atoms with Gasteiger partial charge in [0.25, 0.3) is 0 Å². The summed E-state index contributed by atoms with van der Waals surface area (Å²) >= 11 is 0. The summed E-state index contributed by atoms with van der Waals surface area (Å²) in [6, 6.07) is 17.6. The summed E-state index contributed by atoms with van der Waals surface area (Å²) in [6.45, 7) is 3.80. The molecule has 1 aromatic carbocycles. The molecule has 1 atom stereocenters. The molecule has 166 valence electrons. The minimum atomic E-state index is -0.566. The van der Waals surface area contributed by atoms with Crippen LogP contribution in [0.25, 0.3) is 16.7 Å². The second-order valence-electron chi connectivity index (χ2n) is 8.91. The van der Waals surface area contributed by atoms with Crippen molar-refractivity contribution >= 4 is 11.5 Å². The van der Waals surface area contributed by atoms with Gasteiger partial charge in [-0.05, 0) is 60.7 Å². The number of nitriles is 1. The molecule has 0 fully saturated rings. The predicted molar refractivity (Wildman–Crippen MR) is 128 cm³/mol. The average Bonchev–Trinajstić information content (AvgIpc) is 2.98. The summed E-state index contributed by atoms with van der Waals surface area (Å²) in [5, 5.41) is 9.46. The van der Waals surface area contributed by atoms with Crippen molar-refractivity contribution in [2.75, 3.05) is 7.05 Å². The van der Waals surface area contributed by atoms with Crippen molar-refractivity contribution in [3.8, 4) is 17.2 Å². The maximum atomic E-state index is 12.5. The van der Waals surface area contributed by atoms with E-state index in [1.807, 2.05) is 44.3 Å².